The van der Waals surface area contributed by atoms with E-state index < -0.39 is 6.10 Å². The molecule has 2 unspecified atom stereocenters. The predicted molar refractivity (Wildman–Crippen MR) is 77.6 cm³/mol. The number of β-amino-alcohol motifs (C(OH)–C–C–N with tert-alkyl or cyclic N) is 1. The van der Waals surface area contributed by atoms with Gasteiger partial charge in [-0.05, 0) is 24.5 Å². The van der Waals surface area contributed by atoms with Gasteiger partial charge in [0.1, 0.15) is 0 Å². The summed E-state index contributed by atoms with van der Waals surface area (Å²) in [5.41, 5.74) is 1.51. The number of hydrogen-bond acceptors (Lipinski definition) is 4. The lowest BCUT2D eigenvalue weighted by Crippen LogP contribution is -2.45. The van der Waals surface area contributed by atoms with E-state index in [2.05, 4.69) is 4.98 Å². The number of aromatic nitrogens is 1. The molecule has 1 saturated heterocycles. The topological polar surface area (TPSA) is 66.6 Å². The SMILES string of the molecule is CC1CCN(C(=O)c2ccc(-c3cnco3)cc2)CC1O. The maximum Gasteiger partial charge on any atom is 0.253 e. The summed E-state index contributed by atoms with van der Waals surface area (Å²) in [7, 11) is 0. The molecule has 2 heterocycles. The quantitative estimate of drug-likeness (QED) is 0.919. The number of oxazole rings is 1. The lowest BCUT2D eigenvalue weighted by molar-refractivity contribution is 0.0248. The molecule has 2 atom stereocenters. The number of piperidine rings is 1. The van der Waals surface area contributed by atoms with Crippen molar-refractivity contribution in [2.24, 2.45) is 5.92 Å². The fraction of sp³-hybridized carbons (Fsp3) is 0.375. The molecular formula is C16H18N2O3. The van der Waals surface area contributed by atoms with E-state index in [1.165, 1.54) is 6.39 Å². The van der Waals surface area contributed by atoms with Crippen molar-refractivity contribution in [1.29, 1.82) is 0 Å². The van der Waals surface area contributed by atoms with E-state index in [0.29, 0.717) is 24.4 Å². The smallest absolute Gasteiger partial charge is 0.253 e. The van der Waals surface area contributed by atoms with Crippen LogP contribution in [0.5, 0.6) is 0 Å². The highest BCUT2D eigenvalue weighted by Gasteiger charge is 2.27. The average Bonchev–Trinajstić information content (AvgIpc) is 3.04. The third-order valence-corrected chi connectivity index (χ3v) is 4.05. The highest BCUT2D eigenvalue weighted by Crippen LogP contribution is 2.22. The van der Waals surface area contributed by atoms with Gasteiger partial charge in [0.15, 0.2) is 12.2 Å². The van der Waals surface area contributed by atoms with Crippen molar-refractivity contribution < 1.29 is 14.3 Å². The van der Waals surface area contributed by atoms with Crippen molar-refractivity contribution in [1.82, 2.24) is 9.88 Å². The Labute approximate surface area is 123 Å². The monoisotopic (exact) mass is 286 g/mol. The summed E-state index contributed by atoms with van der Waals surface area (Å²) >= 11 is 0. The molecule has 1 aromatic carbocycles. The Kier molecular flexibility index (Phi) is 3.75. The van der Waals surface area contributed by atoms with Crippen LogP contribution in [0.25, 0.3) is 11.3 Å². The molecule has 110 valence electrons. The second-order valence-electron chi connectivity index (χ2n) is 5.53. The maximum atomic E-state index is 12.4. The molecule has 1 amide bonds. The molecule has 0 spiro atoms. The highest BCUT2D eigenvalue weighted by molar-refractivity contribution is 5.94. The number of likely N-dealkylation sites (tertiary alicyclic amines) is 1. The number of carbonyl (C=O) groups is 1. The number of rotatable bonds is 2. The number of benzene rings is 1. The Morgan fingerprint density at radius 3 is 2.76 bits per heavy atom. The van der Waals surface area contributed by atoms with Gasteiger partial charge >= 0.3 is 0 Å². The third-order valence-electron chi connectivity index (χ3n) is 4.05. The zero-order chi connectivity index (χ0) is 14.8. The molecule has 1 aliphatic heterocycles. The van der Waals surface area contributed by atoms with Crippen LogP contribution in [-0.2, 0) is 0 Å². The summed E-state index contributed by atoms with van der Waals surface area (Å²) in [6.07, 6.45) is 3.42. The normalized spacial score (nSPS) is 22.3. The maximum absolute atomic E-state index is 12.4. The minimum atomic E-state index is -0.434. The van der Waals surface area contributed by atoms with Gasteiger partial charge in [-0.25, -0.2) is 4.98 Å². The van der Waals surface area contributed by atoms with Crippen molar-refractivity contribution in [3.05, 3.63) is 42.4 Å². The summed E-state index contributed by atoms with van der Waals surface area (Å²) in [6.45, 7) is 3.11. The van der Waals surface area contributed by atoms with Crippen LogP contribution in [0.1, 0.15) is 23.7 Å². The summed E-state index contributed by atoms with van der Waals surface area (Å²) in [5.74, 6) is 0.893. The first kappa shape index (κ1) is 13.8. The Morgan fingerprint density at radius 2 is 2.14 bits per heavy atom. The Morgan fingerprint density at radius 1 is 1.38 bits per heavy atom. The van der Waals surface area contributed by atoms with E-state index in [4.69, 9.17) is 4.42 Å². The van der Waals surface area contributed by atoms with Crippen molar-refractivity contribution in [2.45, 2.75) is 19.4 Å². The van der Waals surface area contributed by atoms with Gasteiger partial charge in [-0.1, -0.05) is 19.1 Å². The van der Waals surface area contributed by atoms with Crippen LogP contribution in [-0.4, -0.2) is 40.1 Å². The van der Waals surface area contributed by atoms with Crippen LogP contribution in [0.2, 0.25) is 0 Å². The van der Waals surface area contributed by atoms with Gasteiger partial charge in [0.25, 0.3) is 5.91 Å². The number of hydrogen-bond donors (Lipinski definition) is 1. The van der Waals surface area contributed by atoms with Gasteiger partial charge < -0.3 is 14.4 Å². The fourth-order valence-electron chi connectivity index (χ4n) is 2.55. The molecule has 3 rings (SSSR count). The van der Waals surface area contributed by atoms with Gasteiger partial charge in [-0.3, -0.25) is 4.79 Å². The lowest BCUT2D eigenvalue weighted by Gasteiger charge is -2.34. The molecule has 1 aliphatic rings. The number of aliphatic hydroxyl groups is 1. The van der Waals surface area contributed by atoms with Crippen molar-refractivity contribution in [3.8, 4) is 11.3 Å². The third kappa shape index (κ3) is 2.83. The van der Waals surface area contributed by atoms with E-state index in [1.807, 2.05) is 19.1 Å². The largest absolute Gasteiger partial charge is 0.444 e. The van der Waals surface area contributed by atoms with Gasteiger partial charge in [0, 0.05) is 24.2 Å². The molecule has 1 N–H and O–H groups in total. The lowest BCUT2D eigenvalue weighted by atomic mass is 9.95. The first-order valence-corrected chi connectivity index (χ1v) is 7.11. The molecule has 2 aromatic rings. The van der Waals surface area contributed by atoms with Crippen LogP contribution in [0.4, 0.5) is 0 Å². The second kappa shape index (κ2) is 5.69. The Balaban J connectivity index is 1.73. The van der Waals surface area contributed by atoms with Crippen LogP contribution >= 0.6 is 0 Å². The van der Waals surface area contributed by atoms with Crippen LogP contribution in [0.3, 0.4) is 0 Å². The Hall–Kier alpha value is -2.14. The average molecular weight is 286 g/mol. The van der Waals surface area contributed by atoms with Crippen LogP contribution in [0, 0.1) is 5.92 Å². The molecule has 0 radical (unpaired) electrons. The van der Waals surface area contributed by atoms with E-state index in [1.54, 1.807) is 23.2 Å². The molecule has 5 nitrogen and oxygen atoms in total. The van der Waals surface area contributed by atoms with Crippen LogP contribution in [0.15, 0.2) is 41.3 Å². The first-order chi connectivity index (χ1) is 10.1. The summed E-state index contributed by atoms with van der Waals surface area (Å²) in [5, 5.41) is 9.90. The van der Waals surface area contributed by atoms with Crippen molar-refractivity contribution >= 4 is 5.91 Å². The van der Waals surface area contributed by atoms with Gasteiger partial charge in [0.2, 0.25) is 0 Å². The zero-order valence-corrected chi connectivity index (χ0v) is 11.9. The standard InChI is InChI=1S/C16H18N2O3/c1-11-6-7-18(9-14(11)19)16(20)13-4-2-12(3-5-13)15-8-17-10-21-15/h2-5,8,10-11,14,19H,6-7,9H2,1H3. The van der Waals surface area contributed by atoms with Gasteiger partial charge in [-0.2, -0.15) is 0 Å². The molecule has 5 heteroatoms. The van der Waals surface area contributed by atoms with Crippen molar-refractivity contribution in [3.63, 3.8) is 0 Å². The van der Waals surface area contributed by atoms with E-state index in [-0.39, 0.29) is 11.8 Å². The zero-order valence-electron chi connectivity index (χ0n) is 11.9. The van der Waals surface area contributed by atoms with Gasteiger partial charge in [0.05, 0.1) is 12.3 Å². The minimum absolute atomic E-state index is 0.0370. The van der Waals surface area contributed by atoms with Crippen molar-refractivity contribution in [2.75, 3.05) is 13.1 Å². The molecule has 0 aliphatic carbocycles. The number of carbonyl (C=O) groups excluding carboxylic acids is 1. The molecule has 1 aromatic heterocycles. The molecule has 0 bridgehead atoms. The van der Waals surface area contributed by atoms with E-state index in [9.17, 15) is 9.90 Å². The summed E-state index contributed by atoms with van der Waals surface area (Å²) < 4.78 is 5.22. The second-order valence-corrected chi connectivity index (χ2v) is 5.53. The van der Waals surface area contributed by atoms with Gasteiger partial charge in [-0.15, -0.1) is 0 Å². The number of aliphatic hydroxyl groups excluding tert-OH is 1. The molecular weight excluding hydrogens is 268 g/mol. The molecule has 0 saturated carbocycles. The number of amides is 1. The number of nitrogens with zero attached hydrogens (tertiary/aromatic N) is 2. The summed E-state index contributed by atoms with van der Waals surface area (Å²) in [4.78, 5) is 18.0. The van der Waals surface area contributed by atoms with Crippen LogP contribution < -0.4 is 0 Å². The molecule has 1 fully saturated rings. The summed E-state index contributed by atoms with van der Waals surface area (Å²) in [6, 6.07) is 7.25. The van der Waals surface area contributed by atoms with E-state index in [0.717, 1.165) is 12.0 Å². The van der Waals surface area contributed by atoms with E-state index >= 15 is 0 Å². The minimum Gasteiger partial charge on any atom is -0.444 e. The Bertz CT molecular complexity index is 607. The predicted octanol–water partition coefficient (Wildman–Crippen LogP) is 2.18. The first-order valence-electron chi connectivity index (χ1n) is 7.11. The molecule has 21 heavy (non-hydrogen) atoms. The fourth-order valence-corrected chi connectivity index (χ4v) is 2.55. The highest BCUT2D eigenvalue weighted by atomic mass is 16.3.